The zero-order valence-electron chi connectivity index (χ0n) is 10.2. The van der Waals surface area contributed by atoms with Crippen LogP contribution >= 0.6 is 15.9 Å². The Hall–Kier alpha value is -1.27. The third-order valence-corrected chi connectivity index (χ3v) is 3.67. The van der Waals surface area contributed by atoms with Crippen molar-refractivity contribution in [3.8, 4) is 11.4 Å². The van der Waals surface area contributed by atoms with Crippen LogP contribution in [0, 0.1) is 11.7 Å². The number of hydrogen-bond donors (Lipinski definition) is 1. The van der Waals surface area contributed by atoms with Crippen LogP contribution in [0.25, 0.3) is 11.4 Å². The van der Waals surface area contributed by atoms with Crippen molar-refractivity contribution in [1.29, 1.82) is 0 Å². The Morgan fingerprint density at radius 3 is 3.05 bits per heavy atom. The molecule has 2 heterocycles. The number of nitrogens with one attached hydrogen (secondary N) is 1. The van der Waals surface area contributed by atoms with Crippen molar-refractivity contribution in [1.82, 2.24) is 15.5 Å². The van der Waals surface area contributed by atoms with Crippen molar-refractivity contribution < 1.29 is 8.91 Å². The van der Waals surface area contributed by atoms with Gasteiger partial charge in [-0.25, -0.2) is 4.39 Å². The molecule has 0 spiro atoms. The second kappa shape index (κ2) is 5.38. The second-order valence-electron chi connectivity index (χ2n) is 4.73. The summed E-state index contributed by atoms with van der Waals surface area (Å²) in [5, 5.41) is 7.22. The maximum Gasteiger partial charge on any atom is 0.227 e. The first kappa shape index (κ1) is 12.7. The molecule has 4 nitrogen and oxygen atoms in total. The van der Waals surface area contributed by atoms with Crippen molar-refractivity contribution in [2.45, 2.75) is 12.8 Å². The highest BCUT2D eigenvalue weighted by Gasteiger charge is 2.19. The molecule has 0 saturated carbocycles. The summed E-state index contributed by atoms with van der Waals surface area (Å²) in [6, 6.07) is 4.57. The molecule has 1 aliphatic rings. The average molecular weight is 326 g/mol. The summed E-state index contributed by atoms with van der Waals surface area (Å²) in [6.45, 7) is 2.03. The van der Waals surface area contributed by atoms with Crippen LogP contribution in [0.4, 0.5) is 4.39 Å². The quantitative estimate of drug-likeness (QED) is 0.942. The highest BCUT2D eigenvalue weighted by atomic mass is 79.9. The molecule has 19 heavy (non-hydrogen) atoms. The fourth-order valence-electron chi connectivity index (χ4n) is 2.27. The predicted octanol–water partition coefficient (Wildman–Crippen LogP) is 2.79. The second-order valence-corrected chi connectivity index (χ2v) is 5.65. The molecule has 100 valence electrons. The molecule has 1 unspecified atom stereocenters. The van der Waals surface area contributed by atoms with E-state index in [1.165, 1.54) is 12.1 Å². The third kappa shape index (κ3) is 3.01. The molecule has 6 heteroatoms. The Kier molecular flexibility index (Phi) is 3.61. The Morgan fingerprint density at radius 2 is 2.32 bits per heavy atom. The van der Waals surface area contributed by atoms with Gasteiger partial charge in [0.25, 0.3) is 0 Å². The molecule has 3 rings (SSSR count). The van der Waals surface area contributed by atoms with Gasteiger partial charge in [-0.1, -0.05) is 21.1 Å². The van der Waals surface area contributed by atoms with E-state index in [1.54, 1.807) is 6.07 Å². The fraction of sp³-hybridized carbons (Fsp3) is 0.385. The largest absolute Gasteiger partial charge is 0.339 e. The van der Waals surface area contributed by atoms with Crippen LogP contribution < -0.4 is 5.32 Å². The van der Waals surface area contributed by atoms with E-state index in [0.717, 1.165) is 25.9 Å². The summed E-state index contributed by atoms with van der Waals surface area (Å²) in [6.07, 6.45) is 1.90. The molecule has 1 aliphatic heterocycles. The van der Waals surface area contributed by atoms with Crippen LogP contribution in [0.1, 0.15) is 12.3 Å². The molecule has 0 radical (unpaired) electrons. The van der Waals surface area contributed by atoms with E-state index in [4.69, 9.17) is 4.52 Å². The fourth-order valence-corrected chi connectivity index (χ4v) is 2.74. The zero-order chi connectivity index (χ0) is 13.2. The third-order valence-electron chi connectivity index (χ3n) is 3.21. The van der Waals surface area contributed by atoms with Crippen molar-refractivity contribution >= 4 is 15.9 Å². The lowest BCUT2D eigenvalue weighted by atomic mass is 10.1. The van der Waals surface area contributed by atoms with Gasteiger partial charge in [0, 0.05) is 16.5 Å². The monoisotopic (exact) mass is 325 g/mol. The van der Waals surface area contributed by atoms with Crippen LogP contribution in [0.3, 0.4) is 0 Å². The van der Waals surface area contributed by atoms with Gasteiger partial charge in [0.2, 0.25) is 11.7 Å². The van der Waals surface area contributed by atoms with E-state index in [0.29, 0.717) is 27.7 Å². The van der Waals surface area contributed by atoms with E-state index >= 15 is 0 Å². The minimum absolute atomic E-state index is 0.323. The van der Waals surface area contributed by atoms with Gasteiger partial charge in [-0.3, -0.25) is 0 Å². The molecule has 1 aromatic carbocycles. The number of nitrogens with zero attached hydrogens (tertiary/aromatic N) is 2. The standard InChI is InChI=1S/C13H13BrFN3O/c14-10-4-9(5-11(15)6-10)13-17-12(19-18-13)3-8-1-2-16-7-8/h4-6,8,16H,1-3,7H2. The summed E-state index contributed by atoms with van der Waals surface area (Å²) in [7, 11) is 0. The van der Waals surface area contributed by atoms with Crippen LogP contribution in [-0.4, -0.2) is 23.2 Å². The van der Waals surface area contributed by atoms with Gasteiger partial charge in [0.15, 0.2) is 0 Å². The van der Waals surface area contributed by atoms with Gasteiger partial charge in [0.05, 0.1) is 0 Å². The van der Waals surface area contributed by atoms with Crippen LogP contribution in [0.5, 0.6) is 0 Å². The van der Waals surface area contributed by atoms with E-state index in [9.17, 15) is 4.39 Å². The molecule has 1 N–H and O–H groups in total. The average Bonchev–Trinajstić information content (AvgIpc) is 2.99. The first-order valence-electron chi connectivity index (χ1n) is 6.20. The Labute approximate surface area is 118 Å². The highest BCUT2D eigenvalue weighted by Crippen LogP contribution is 2.23. The molecule has 1 atom stereocenters. The van der Waals surface area contributed by atoms with Crippen molar-refractivity contribution in [3.05, 3.63) is 34.4 Å². The minimum Gasteiger partial charge on any atom is -0.339 e. The molecule has 2 aromatic rings. The number of halogens is 2. The molecule has 1 aromatic heterocycles. The minimum atomic E-state index is -0.323. The van der Waals surface area contributed by atoms with E-state index in [2.05, 4.69) is 31.4 Å². The van der Waals surface area contributed by atoms with Gasteiger partial charge >= 0.3 is 0 Å². The Balaban J connectivity index is 1.79. The maximum atomic E-state index is 13.3. The van der Waals surface area contributed by atoms with Crippen LogP contribution in [-0.2, 0) is 6.42 Å². The van der Waals surface area contributed by atoms with Gasteiger partial charge in [-0.2, -0.15) is 4.98 Å². The van der Waals surface area contributed by atoms with Gasteiger partial charge < -0.3 is 9.84 Å². The summed E-state index contributed by atoms with van der Waals surface area (Å²) >= 11 is 3.25. The summed E-state index contributed by atoms with van der Waals surface area (Å²) < 4.78 is 19.2. The number of aromatic nitrogens is 2. The topological polar surface area (TPSA) is 51.0 Å². The lowest BCUT2D eigenvalue weighted by molar-refractivity contribution is 0.358. The summed E-state index contributed by atoms with van der Waals surface area (Å²) in [5.41, 5.74) is 0.617. The molecule has 1 fully saturated rings. The van der Waals surface area contributed by atoms with Gasteiger partial charge in [-0.15, -0.1) is 0 Å². The molecular weight excluding hydrogens is 313 g/mol. The maximum absolute atomic E-state index is 13.3. The predicted molar refractivity (Wildman–Crippen MR) is 72.1 cm³/mol. The number of rotatable bonds is 3. The lowest BCUT2D eigenvalue weighted by Crippen LogP contribution is -2.10. The van der Waals surface area contributed by atoms with Crippen molar-refractivity contribution in [2.75, 3.05) is 13.1 Å². The van der Waals surface area contributed by atoms with E-state index in [1.807, 2.05) is 0 Å². The Morgan fingerprint density at radius 1 is 1.42 bits per heavy atom. The lowest BCUT2D eigenvalue weighted by Gasteiger charge is -2.01. The first-order valence-corrected chi connectivity index (χ1v) is 7.00. The van der Waals surface area contributed by atoms with E-state index in [-0.39, 0.29) is 5.82 Å². The highest BCUT2D eigenvalue weighted by molar-refractivity contribution is 9.10. The molecule has 0 bridgehead atoms. The van der Waals surface area contributed by atoms with E-state index < -0.39 is 0 Å². The first-order chi connectivity index (χ1) is 9.20. The van der Waals surface area contributed by atoms with Crippen LogP contribution in [0.15, 0.2) is 27.2 Å². The molecule has 0 aliphatic carbocycles. The normalized spacial score (nSPS) is 18.9. The Bertz CT molecular complexity index is 561. The molecule has 0 amide bonds. The zero-order valence-corrected chi connectivity index (χ0v) is 11.8. The number of hydrogen-bond acceptors (Lipinski definition) is 4. The van der Waals surface area contributed by atoms with Crippen LogP contribution in [0.2, 0.25) is 0 Å². The molecular formula is C13H13BrFN3O. The summed E-state index contributed by atoms with van der Waals surface area (Å²) in [4.78, 5) is 4.33. The number of benzene rings is 1. The van der Waals surface area contributed by atoms with Crippen molar-refractivity contribution in [2.24, 2.45) is 5.92 Å². The smallest absolute Gasteiger partial charge is 0.227 e. The SMILES string of the molecule is Fc1cc(Br)cc(-c2noc(CC3CCNC3)n2)c1. The van der Waals surface area contributed by atoms with Gasteiger partial charge in [-0.05, 0) is 43.6 Å². The molecule has 1 saturated heterocycles. The van der Waals surface area contributed by atoms with Gasteiger partial charge in [0.1, 0.15) is 5.82 Å². The van der Waals surface area contributed by atoms with Crippen molar-refractivity contribution in [3.63, 3.8) is 0 Å². The summed E-state index contributed by atoms with van der Waals surface area (Å²) in [5.74, 6) is 1.27.